The van der Waals surface area contributed by atoms with Gasteiger partial charge in [-0.25, -0.2) is 4.98 Å². The molecule has 0 saturated heterocycles. The second kappa shape index (κ2) is 9.16. The molecule has 1 heterocycles. The van der Waals surface area contributed by atoms with Gasteiger partial charge in [-0.15, -0.1) is 11.6 Å². The lowest BCUT2D eigenvalue weighted by molar-refractivity contribution is -0.116. The van der Waals surface area contributed by atoms with Crippen LogP contribution in [0, 0.1) is 0 Å². The minimum atomic E-state index is -0.504. The van der Waals surface area contributed by atoms with Gasteiger partial charge in [-0.1, -0.05) is 35.9 Å². The van der Waals surface area contributed by atoms with Gasteiger partial charge in [0.25, 0.3) is 0 Å². The highest BCUT2D eigenvalue weighted by Crippen LogP contribution is 2.31. The smallest absolute Gasteiger partial charge is 0.147 e. The summed E-state index contributed by atoms with van der Waals surface area (Å²) in [5, 5.41) is 3.49. The van der Waals surface area contributed by atoms with Crippen LogP contribution in [0.4, 0.5) is 17.2 Å². The van der Waals surface area contributed by atoms with Crippen LogP contribution in [-0.4, -0.2) is 16.1 Å². The van der Waals surface area contributed by atoms with E-state index in [0.717, 1.165) is 28.1 Å². The van der Waals surface area contributed by atoms with Crippen molar-refractivity contribution in [2.45, 2.75) is 25.3 Å². The van der Waals surface area contributed by atoms with E-state index in [4.69, 9.17) is 34.7 Å². The maximum absolute atomic E-state index is 11.3. The number of aromatic nitrogens is 1. The molecule has 2 aromatic carbocycles. The van der Waals surface area contributed by atoms with Crippen molar-refractivity contribution in [2.75, 3.05) is 16.8 Å². The zero-order valence-corrected chi connectivity index (χ0v) is 17.5. The third-order valence-corrected chi connectivity index (χ3v) is 5.26. The molecule has 0 amide bonds. The van der Waals surface area contributed by atoms with Crippen LogP contribution < -0.4 is 16.8 Å². The first-order valence-electron chi connectivity index (χ1n) is 9.11. The molecule has 1 unspecified atom stereocenters. The summed E-state index contributed by atoms with van der Waals surface area (Å²) in [6.45, 7) is 1.94. The minimum absolute atomic E-state index is 0.0334. The SMILES string of the molecule is CC(=O)C(Cl)Cc1ccc(NCc2nc(N)cc(N)c2-c2ccc(Cl)cc2)cc1. The molecule has 0 saturated carbocycles. The van der Waals surface area contributed by atoms with Crippen molar-refractivity contribution < 1.29 is 4.79 Å². The molecule has 7 heteroatoms. The van der Waals surface area contributed by atoms with E-state index in [9.17, 15) is 4.79 Å². The Balaban J connectivity index is 1.78. The van der Waals surface area contributed by atoms with Gasteiger partial charge in [-0.3, -0.25) is 4.79 Å². The molecule has 29 heavy (non-hydrogen) atoms. The van der Waals surface area contributed by atoms with Crippen molar-refractivity contribution in [1.29, 1.82) is 0 Å². The molecule has 3 rings (SSSR count). The van der Waals surface area contributed by atoms with Gasteiger partial charge in [0.05, 0.1) is 17.6 Å². The lowest BCUT2D eigenvalue weighted by atomic mass is 10.0. The number of nitrogens with two attached hydrogens (primary N) is 2. The summed E-state index contributed by atoms with van der Waals surface area (Å²) in [4.78, 5) is 15.8. The number of nitrogens with one attached hydrogen (secondary N) is 1. The first-order valence-corrected chi connectivity index (χ1v) is 9.93. The van der Waals surface area contributed by atoms with Gasteiger partial charge in [-0.05, 0) is 48.7 Å². The van der Waals surface area contributed by atoms with Gasteiger partial charge in [0.2, 0.25) is 0 Å². The topological polar surface area (TPSA) is 94.0 Å². The Labute approximate surface area is 180 Å². The van der Waals surface area contributed by atoms with Gasteiger partial charge < -0.3 is 16.8 Å². The van der Waals surface area contributed by atoms with Crippen molar-refractivity contribution in [3.8, 4) is 11.1 Å². The average Bonchev–Trinajstić information content (AvgIpc) is 2.68. The van der Waals surface area contributed by atoms with Gasteiger partial charge in [-0.2, -0.15) is 0 Å². The van der Waals surface area contributed by atoms with Gasteiger partial charge in [0, 0.05) is 28.0 Å². The number of alkyl halides is 1. The summed E-state index contributed by atoms with van der Waals surface area (Å²) in [5.74, 6) is 0.332. The lowest BCUT2D eigenvalue weighted by Gasteiger charge is -2.15. The fourth-order valence-corrected chi connectivity index (χ4v) is 3.32. The summed E-state index contributed by atoms with van der Waals surface area (Å²) >= 11 is 12.0. The summed E-state index contributed by atoms with van der Waals surface area (Å²) in [5.41, 5.74) is 17.1. The molecule has 0 aliphatic rings. The first-order chi connectivity index (χ1) is 13.8. The highest BCUT2D eigenvalue weighted by atomic mass is 35.5. The molecule has 0 bridgehead atoms. The van der Waals surface area contributed by atoms with E-state index in [-0.39, 0.29) is 5.78 Å². The quantitative estimate of drug-likeness (QED) is 0.464. The molecule has 1 atom stereocenters. The summed E-state index contributed by atoms with van der Waals surface area (Å²) < 4.78 is 0. The van der Waals surface area contributed by atoms with Crippen LogP contribution in [0.5, 0.6) is 0 Å². The normalized spacial score (nSPS) is 11.8. The molecule has 1 aromatic heterocycles. The number of hydrogen-bond acceptors (Lipinski definition) is 5. The van der Waals surface area contributed by atoms with Crippen molar-refractivity contribution >= 4 is 46.2 Å². The van der Waals surface area contributed by atoms with Crippen molar-refractivity contribution in [1.82, 2.24) is 4.98 Å². The predicted molar refractivity (Wildman–Crippen MR) is 121 cm³/mol. The Hall–Kier alpha value is -2.76. The largest absolute Gasteiger partial charge is 0.398 e. The predicted octanol–water partition coefficient (Wildman–Crippen LogP) is 4.92. The number of anilines is 3. The molecule has 0 aliphatic carbocycles. The lowest BCUT2D eigenvalue weighted by Crippen LogP contribution is -2.13. The zero-order valence-electron chi connectivity index (χ0n) is 16.0. The molecule has 5 N–H and O–H groups in total. The van der Waals surface area contributed by atoms with E-state index in [2.05, 4.69) is 10.3 Å². The van der Waals surface area contributed by atoms with E-state index >= 15 is 0 Å². The van der Waals surface area contributed by atoms with Gasteiger partial charge >= 0.3 is 0 Å². The molecule has 0 spiro atoms. The maximum Gasteiger partial charge on any atom is 0.147 e. The summed E-state index contributed by atoms with van der Waals surface area (Å²) in [6, 6.07) is 16.9. The van der Waals surface area contributed by atoms with E-state index < -0.39 is 5.38 Å². The number of ketones is 1. The van der Waals surface area contributed by atoms with Crippen LogP contribution in [-0.2, 0) is 17.8 Å². The molecule has 3 aromatic rings. The number of carbonyl (C=O) groups excluding carboxylic acids is 1. The fourth-order valence-electron chi connectivity index (χ4n) is 3.01. The second-order valence-corrected chi connectivity index (χ2v) is 7.76. The van der Waals surface area contributed by atoms with Crippen LogP contribution in [0.1, 0.15) is 18.2 Å². The number of rotatable bonds is 7. The van der Waals surface area contributed by atoms with E-state index in [1.165, 1.54) is 6.92 Å². The Kier molecular flexibility index (Phi) is 6.62. The molecule has 5 nitrogen and oxygen atoms in total. The Morgan fingerprint density at radius 2 is 1.76 bits per heavy atom. The van der Waals surface area contributed by atoms with Crippen LogP contribution in [0.3, 0.4) is 0 Å². The number of benzene rings is 2. The molecular weight excluding hydrogens is 407 g/mol. The standard InChI is InChI=1S/C22H22Cl2N4O/c1-13(29)18(24)10-14-2-8-17(9-3-14)27-12-20-22(19(25)11-21(26)28-20)15-4-6-16(23)7-5-15/h2-9,11,18,27H,10,12H2,1H3,(H4,25,26,28). The monoisotopic (exact) mass is 428 g/mol. The van der Waals surface area contributed by atoms with Crippen molar-refractivity contribution in [3.05, 3.63) is 70.9 Å². The van der Waals surface area contributed by atoms with Crippen LogP contribution in [0.2, 0.25) is 5.02 Å². The number of nitrogens with zero attached hydrogens (tertiary/aromatic N) is 1. The Bertz CT molecular complexity index is 1000. The zero-order chi connectivity index (χ0) is 21.0. The highest BCUT2D eigenvalue weighted by Gasteiger charge is 2.13. The number of Topliss-reactive ketones (excluding diaryl/α,β-unsaturated/α-hetero) is 1. The number of nitrogen functional groups attached to an aromatic ring is 2. The molecule has 0 fully saturated rings. The molecule has 0 aliphatic heterocycles. The van der Waals surface area contributed by atoms with Crippen molar-refractivity contribution in [3.63, 3.8) is 0 Å². The molecular formula is C22H22Cl2N4O. The minimum Gasteiger partial charge on any atom is -0.398 e. The van der Waals surface area contributed by atoms with Crippen LogP contribution in [0.15, 0.2) is 54.6 Å². The molecule has 150 valence electrons. The summed E-state index contributed by atoms with van der Waals surface area (Å²) in [6.07, 6.45) is 0.505. The van der Waals surface area contributed by atoms with Gasteiger partial charge in [0.1, 0.15) is 11.6 Å². The average molecular weight is 429 g/mol. The highest BCUT2D eigenvalue weighted by molar-refractivity contribution is 6.31. The maximum atomic E-state index is 11.3. The van der Waals surface area contributed by atoms with Crippen LogP contribution >= 0.6 is 23.2 Å². The Morgan fingerprint density at radius 1 is 1.10 bits per heavy atom. The fraction of sp³-hybridized carbons (Fsp3) is 0.182. The third-order valence-electron chi connectivity index (χ3n) is 4.55. The van der Waals surface area contributed by atoms with E-state index in [1.807, 2.05) is 48.5 Å². The third kappa shape index (κ3) is 5.40. The van der Waals surface area contributed by atoms with Crippen molar-refractivity contribution in [2.24, 2.45) is 0 Å². The number of hydrogen-bond donors (Lipinski definition) is 3. The number of halogens is 2. The summed E-state index contributed by atoms with van der Waals surface area (Å²) in [7, 11) is 0. The first kappa shape index (κ1) is 21.0. The van der Waals surface area contributed by atoms with Crippen LogP contribution in [0.25, 0.3) is 11.1 Å². The second-order valence-electron chi connectivity index (χ2n) is 6.80. The molecule has 0 radical (unpaired) electrons. The Morgan fingerprint density at radius 3 is 2.38 bits per heavy atom. The van der Waals surface area contributed by atoms with Gasteiger partial charge in [0.15, 0.2) is 0 Å². The number of pyridine rings is 1. The number of carbonyl (C=O) groups is 1. The van der Waals surface area contributed by atoms with E-state index in [1.54, 1.807) is 6.07 Å². The van der Waals surface area contributed by atoms with E-state index in [0.29, 0.717) is 29.5 Å².